The largest absolute Gasteiger partial charge is 0.496 e. The predicted octanol–water partition coefficient (Wildman–Crippen LogP) is 3.21. The van der Waals surface area contributed by atoms with Crippen LogP contribution in [0.3, 0.4) is 0 Å². The van der Waals surface area contributed by atoms with Crippen LogP contribution in [0, 0.1) is 6.92 Å². The fourth-order valence-electron chi connectivity index (χ4n) is 2.30. The van der Waals surface area contributed by atoms with E-state index in [9.17, 15) is 5.11 Å². The molecule has 19 heavy (non-hydrogen) atoms. The molecule has 1 aromatic carbocycles. The molecule has 2 atom stereocenters. The van der Waals surface area contributed by atoms with E-state index in [0.29, 0.717) is 6.54 Å². The maximum absolute atomic E-state index is 10.2. The Morgan fingerprint density at radius 3 is 2.68 bits per heavy atom. The highest BCUT2D eigenvalue weighted by atomic mass is 16.5. The van der Waals surface area contributed by atoms with Crippen LogP contribution in [-0.4, -0.2) is 24.4 Å². The van der Waals surface area contributed by atoms with Gasteiger partial charge in [0.25, 0.3) is 0 Å². The standard InChI is InChI=1S/C16H27NO2/c1-6-9-16(4,18)11-17-13(3)14-10-12(2)7-8-15(14)19-5/h7-8,10,13,17-18H,6,9,11H2,1-5H3. The molecule has 0 fully saturated rings. The molecule has 2 N–H and O–H groups in total. The summed E-state index contributed by atoms with van der Waals surface area (Å²) in [7, 11) is 1.69. The van der Waals surface area contributed by atoms with Crippen LogP contribution in [0.2, 0.25) is 0 Å². The van der Waals surface area contributed by atoms with Crippen LogP contribution in [0.1, 0.15) is 50.8 Å². The number of benzene rings is 1. The molecular formula is C16H27NO2. The first kappa shape index (κ1) is 16.0. The molecule has 0 radical (unpaired) electrons. The predicted molar refractivity (Wildman–Crippen MR) is 79.7 cm³/mol. The van der Waals surface area contributed by atoms with E-state index in [2.05, 4.69) is 32.2 Å². The summed E-state index contributed by atoms with van der Waals surface area (Å²) in [5.74, 6) is 0.890. The molecule has 0 spiro atoms. The third kappa shape index (κ3) is 4.84. The Balaban J connectivity index is 2.72. The maximum Gasteiger partial charge on any atom is 0.123 e. The van der Waals surface area contributed by atoms with Crippen molar-refractivity contribution in [2.45, 2.75) is 52.2 Å². The minimum atomic E-state index is -0.653. The highest BCUT2D eigenvalue weighted by Crippen LogP contribution is 2.26. The third-order valence-corrected chi connectivity index (χ3v) is 3.43. The van der Waals surface area contributed by atoms with Gasteiger partial charge in [0.2, 0.25) is 0 Å². The quantitative estimate of drug-likeness (QED) is 0.795. The van der Waals surface area contributed by atoms with Crippen LogP contribution in [0.25, 0.3) is 0 Å². The van der Waals surface area contributed by atoms with E-state index in [4.69, 9.17) is 4.74 Å². The highest BCUT2D eigenvalue weighted by molar-refractivity contribution is 5.38. The zero-order chi connectivity index (χ0) is 14.5. The molecule has 0 amide bonds. The zero-order valence-corrected chi connectivity index (χ0v) is 12.8. The molecule has 0 aliphatic carbocycles. The van der Waals surface area contributed by atoms with Crippen LogP contribution in [0.5, 0.6) is 5.75 Å². The molecule has 0 saturated heterocycles. The molecular weight excluding hydrogens is 238 g/mol. The summed E-state index contributed by atoms with van der Waals surface area (Å²) in [4.78, 5) is 0. The van der Waals surface area contributed by atoms with E-state index in [-0.39, 0.29) is 6.04 Å². The fourth-order valence-corrected chi connectivity index (χ4v) is 2.30. The minimum Gasteiger partial charge on any atom is -0.496 e. The number of nitrogens with one attached hydrogen (secondary N) is 1. The maximum atomic E-state index is 10.2. The van der Waals surface area contributed by atoms with E-state index in [1.54, 1.807) is 7.11 Å². The van der Waals surface area contributed by atoms with Gasteiger partial charge in [0.15, 0.2) is 0 Å². The Morgan fingerprint density at radius 1 is 1.42 bits per heavy atom. The van der Waals surface area contributed by atoms with E-state index >= 15 is 0 Å². The molecule has 1 rings (SSSR count). The van der Waals surface area contributed by atoms with Gasteiger partial charge in [-0.15, -0.1) is 0 Å². The average Bonchev–Trinajstić information content (AvgIpc) is 2.36. The lowest BCUT2D eigenvalue weighted by Crippen LogP contribution is -2.38. The second-order valence-corrected chi connectivity index (χ2v) is 5.59. The van der Waals surface area contributed by atoms with E-state index in [0.717, 1.165) is 24.2 Å². The Kier molecular flexibility index (Phi) is 5.83. The lowest BCUT2D eigenvalue weighted by Gasteiger charge is -2.26. The topological polar surface area (TPSA) is 41.5 Å². The van der Waals surface area contributed by atoms with Gasteiger partial charge < -0.3 is 15.2 Å². The molecule has 0 aliphatic rings. The lowest BCUT2D eigenvalue weighted by atomic mass is 9.99. The van der Waals surface area contributed by atoms with Crippen LogP contribution < -0.4 is 10.1 Å². The highest BCUT2D eigenvalue weighted by Gasteiger charge is 2.21. The molecule has 0 bridgehead atoms. The van der Waals surface area contributed by atoms with Crippen molar-refractivity contribution in [3.63, 3.8) is 0 Å². The van der Waals surface area contributed by atoms with Crippen molar-refractivity contribution in [1.82, 2.24) is 5.32 Å². The third-order valence-electron chi connectivity index (χ3n) is 3.43. The molecule has 0 aromatic heterocycles. The van der Waals surface area contributed by atoms with Crippen molar-refractivity contribution in [2.24, 2.45) is 0 Å². The number of methoxy groups -OCH3 is 1. The molecule has 3 heteroatoms. The van der Waals surface area contributed by atoms with Gasteiger partial charge in [-0.05, 0) is 33.3 Å². The van der Waals surface area contributed by atoms with Gasteiger partial charge in [0.1, 0.15) is 5.75 Å². The minimum absolute atomic E-state index is 0.151. The second kappa shape index (κ2) is 6.92. The van der Waals surface area contributed by atoms with E-state index < -0.39 is 5.60 Å². The summed E-state index contributed by atoms with van der Waals surface area (Å²) in [6, 6.07) is 6.32. The Morgan fingerprint density at radius 2 is 2.11 bits per heavy atom. The van der Waals surface area contributed by atoms with Crippen molar-refractivity contribution in [3.05, 3.63) is 29.3 Å². The summed E-state index contributed by atoms with van der Waals surface area (Å²) in [6.45, 7) is 8.71. The van der Waals surface area contributed by atoms with Gasteiger partial charge in [-0.2, -0.15) is 0 Å². The van der Waals surface area contributed by atoms with Crippen LogP contribution in [-0.2, 0) is 0 Å². The summed E-state index contributed by atoms with van der Waals surface area (Å²) in [5, 5.41) is 13.6. The molecule has 0 aliphatic heterocycles. The van der Waals surface area contributed by atoms with Crippen molar-refractivity contribution < 1.29 is 9.84 Å². The zero-order valence-electron chi connectivity index (χ0n) is 12.8. The van der Waals surface area contributed by atoms with Crippen molar-refractivity contribution >= 4 is 0 Å². The van der Waals surface area contributed by atoms with E-state index in [1.807, 2.05) is 19.1 Å². The Bertz CT molecular complexity index is 402. The Hall–Kier alpha value is -1.06. The van der Waals surface area contributed by atoms with Gasteiger partial charge in [0.05, 0.1) is 12.7 Å². The first-order valence-corrected chi connectivity index (χ1v) is 7.00. The SMILES string of the molecule is CCCC(C)(O)CNC(C)c1cc(C)ccc1OC. The van der Waals surface area contributed by atoms with Crippen molar-refractivity contribution in [2.75, 3.05) is 13.7 Å². The average molecular weight is 265 g/mol. The number of hydrogen-bond donors (Lipinski definition) is 2. The van der Waals surface area contributed by atoms with Gasteiger partial charge in [-0.3, -0.25) is 0 Å². The van der Waals surface area contributed by atoms with Crippen LogP contribution in [0.15, 0.2) is 18.2 Å². The Labute approximate surface area is 117 Å². The van der Waals surface area contributed by atoms with Gasteiger partial charge >= 0.3 is 0 Å². The van der Waals surface area contributed by atoms with Crippen LogP contribution >= 0.6 is 0 Å². The summed E-state index contributed by atoms with van der Waals surface area (Å²) in [6.07, 6.45) is 1.79. The number of ether oxygens (including phenoxy) is 1. The molecule has 2 unspecified atom stereocenters. The van der Waals surface area contributed by atoms with Gasteiger partial charge in [0, 0.05) is 18.2 Å². The number of aliphatic hydroxyl groups is 1. The second-order valence-electron chi connectivity index (χ2n) is 5.59. The van der Waals surface area contributed by atoms with Gasteiger partial charge in [-0.25, -0.2) is 0 Å². The van der Waals surface area contributed by atoms with Crippen molar-refractivity contribution in [3.8, 4) is 5.75 Å². The van der Waals surface area contributed by atoms with E-state index in [1.165, 1.54) is 5.56 Å². The molecule has 3 nitrogen and oxygen atoms in total. The number of hydrogen-bond acceptors (Lipinski definition) is 3. The monoisotopic (exact) mass is 265 g/mol. The molecule has 0 heterocycles. The fraction of sp³-hybridized carbons (Fsp3) is 0.625. The van der Waals surface area contributed by atoms with Gasteiger partial charge in [-0.1, -0.05) is 31.0 Å². The number of rotatable bonds is 7. The lowest BCUT2D eigenvalue weighted by molar-refractivity contribution is 0.0476. The summed E-state index contributed by atoms with van der Waals surface area (Å²) in [5.41, 5.74) is 1.69. The summed E-state index contributed by atoms with van der Waals surface area (Å²) < 4.78 is 5.40. The first-order valence-electron chi connectivity index (χ1n) is 7.00. The normalized spacial score (nSPS) is 15.9. The smallest absolute Gasteiger partial charge is 0.123 e. The first-order chi connectivity index (χ1) is 8.89. The van der Waals surface area contributed by atoms with Crippen molar-refractivity contribution in [1.29, 1.82) is 0 Å². The molecule has 1 aromatic rings. The molecule has 0 saturated carbocycles. The molecule has 108 valence electrons. The number of aryl methyl sites for hydroxylation is 1. The van der Waals surface area contributed by atoms with Crippen LogP contribution in [0.4, 0.5) is 0 Å². The summed E-state index contributed by atoms with van der Waals surface area (Å²) >= 11 is 0.